The van der Waals surface area contributed by atoms with E-state index in [1.807, 2.05) is 5.01 Å². The van der Waals surface area contributed by atoms with E-state index < -0.39 is 0 Å². The number of anilines is 1. The van der Waals surface area contributed by atoms with Gasteiger partial charge in [0.25, 0.3) is 5.56 Å². The molecule has 1 aliphatic heterocycles. The van der Waals surface area contributed by atoms with Gasteiger partial charge in [-0.3, -0.25) is 15.2 Å². The van der Waals surface area contributed by atoms with Crippen LogP contribution in [0.15, 0.2) is 11.0 Å². The Kier molecular flexibility index (Phi) is 2.93. The van der Waals surface area contributed by atoms with E-state index in [0.717, 1.165) is 32.4 Å². The molecular weight excluding hydrogens is 196 g/mol. The third-order valence-corrected chi connectivity index (χ3v) is 2.46. The molecule has 1 aromatic rings. The molecule has 3 N–H and O–H groups in total. The lowest BCUT2D eigenvalue weighted by molar-refractivity contribution is -0.884. The fourth-order valence-corrected chi connectivity index (χ4v) is 1.51. The molecule has 1 aliphatic rings. The molecule has 0 unspecified atom stereocenters. The van der Waals surface area contributed by atoms with Crippen LogP contribution in [0.1, 0.15) is 0 Å². The second-order valence-electron chi connectivity index (χ2n) is 3.74. The third-order valence-electron chi connectivity index (χ3n) is 2.46. The Morgan fingerprint density at radius 3 is 2.93 bits per heavy atom. The van der Waals surface area contributed by atoms with Gasteiger partial charge in [-0.15, -0.1) is 10.2 Å². The first kappa shape index (κ1) is 10.1. The van der Waals surface area contributed by atoms with E-state index in [9.17, 15) is 4.79 Å². The van der Waals surface area contributed by atoms with Crippen LogP contribution >= 0.6 is 0 Å². The molecule has 0 amide bonds. The summed E-state index contributed by atoms with van der Waals surface area (Å²) in [5.41, 5.74) is 2.79. The van der Waals surface area contributed by atoms with Gasteiger partial charge in [-0.2, -0.15) is 0 Å². The molecule has 15 heavy (non-hydrogen) atoms. The van der Waals surface area contributed by atoms with Crippen LogP contribution in [0.5, 0.6) is 0 Å². The van der Waals surface area contributed by atoms with Gasteiger partial charge in [-0.05, 0) is 0 Å². The van der Waals surface area contributed by atoms with E-state index in [1.54, 1.807) is 0 Å². The van der Waals surface area contributed by atoms with Gasteiger partial charge in [-0.1, -0.05) is 0 Å². The van der Waals surface area contributed by atoms with Gasteiger partial charge in [-0.25, -0.2) is 5.01 Å². The number of nitrogens with one attached hydrogen (secondary N) is 3. The Hall–Kier alpha value is -1.47. The van der Waals surface area contributed by atoms with Gasteiger partial charge in [0, 0.05) is 0 Å². The lowest BCUT2D eigenvalue weighted by Gasteiger charge is -2.29. The van der Waals surface area contributed by atoms with E-state index in [0.29, 0.717) is 5.95 Å². The summed E-state index contributed by atoms with van der Waals surface area (Å²) in [5.74, 6) is 0.405. The van der Waals surface area contributed by atoms with Crippen LogP contribution in [-0.4, -0.2) is 53.4 Å². The van der Waals surface area contributed by atoms with Crippen LogP contribution in [0.2, 0.25) is 0 Å². The Morgan fingerprint density at radius 2 is 2.27 bits per heavy atom. The number of rotatable bonds is 2. The van der Waals surface area contributed by atoms with Crippen molar-refractivity contribution in [2.24, 2.45) is 0 Å². The van der Waals surface area contributed by atoms with Crippen molar-refractivity contribution in [1.29, 1.82) is 0 Å². The molecule has 1 saturated heterocycles. The Morgan fingerprint density at radius 1 is 1.53 bits per heavy atom. The number of aromatic nitrogens is 3. The number of hydrogen-bond acceptors (Lipinski definition) is 5. The molecule has 0 spiro atoms. The number of hydrazine groups is 1. The van der Waals surface area contributed by atoms with Crippen LogP contribution < -0.4 is 15.9 Å². The summed E-state index contributed by atoms with van der Waals surface area (Å²) in [5, 5.41) is 9.40. The Balaban J connectivity index is 1.94. The predicted molar refractivity (Wildman–Crippen MR) is 54.5 cm³/mol. The minimum Gasteiger partial charge on any atom is -0.335 e. The van der Waals surface area contributed by atoms with Gasteiger partial charge in [0.2, 0.25) is 5.95 Å². The first-order valence-corrected chi connectivity index (χ1v) is 4.99. The zero-order valence-corrected chi connectivity index (χ0v) is 8.66. The summed E-state index contributed by atoms with van der Waals surface area (Å²) in [6.07, 6.45) is 1.15. The number of likely N-dealkylation sites (N-methyl/N-ethyl adjacent to an activating group) is 1. The molecule has 1 aromatic heterocycles. The SMILES string of the molecule is C[NH+]1CCN(Nc2nncc(=O)[nH]2)CC1. The van der Waals surface area contributed by atoms with Crippen molar-refractivity contribution in [2.75, 3.05) is 38.7 Å². The van der Waals surface area contributed by atoms with E-state index in [4.69, 9.17) is 0 Å². The van der Waals surface area contributed by atoms with Crippen molar-refractivity contribution < 1.29 is 4.90 Å². The average molecular weight is 211 g/mol. The summed E-state index contributed by atoms with van der Waals surface area (Å²) in [6, 6.07) is 0. The summed E-state index contributed by atoms with van der Waals surface area (Å²) in [7, 11) is 2.17. The van der Waals surface area contributed by atoms with Crippen molar-refractivity contribution in [1.82, 2.24) is 20.2 Å². The molecule has 82 valence electrons. The van der Waals surface area contributed by atoms with Crippen molar-refractivity contribution in [2.45, 2.75) is 0 Å². The molecule has 0 radical (unpaired) electrons. The van der Waals surface area contributed by atoms with Crippen LogP contribution in [0, 0.1) is 0 Å². The maximum absolute atomic E-state index is 11.0. The van der Waals surface area contributed by atoms with Crippen LogP contribution in [0.25, 0.3) is 0 Å². The number of aromatic amines is 1. The second-order valence-corrected chi connectivity index (χ2v) is 3.74. The molecule has 1 fully saturated rings. The smallest absolute Gasteiger partial charge is 0.271 e. The molecule has 0 atom stereocenters. The summed E-state index contributed by atoms with van der Waals surface area (Å²) >= 11 is 0. The van der Waals surface area contributed by atoms with Crippen LogP contribution in [0.3, 0.4) is 0 Å². The third kappa shape index (κ3) is 2.74. The lowest BCUT2D eigenvalue weighted by Crippen LogP contribution is -3.12. The van der Waals surface area contributed by atoms with Gasteiger partial charge in [0.05, 0.1) is 33.2 Å². The highest BCUT2D eigenvalue weighted by Crippen LogP contribution is 1.94. The van der Waals surface area contributed by atoms with Gasteiger partial charge in [0.15, 0.2) is 0 Å². The second kappa shape index (κ2) is 4.37. The zero-order chi connectivity index (χ0) is 10.7. The molecule has 0 aromatic carbocycles. The van der Waals surface area contributed by atoms with E-state index in [2.05, 4.69) is 27.7 Å². The molecular formula is C8H15N6O+. The minimum absolute atomic E-state index is 0.243. The van der Waals surface area contributed by atoms with Crippen molar-refractivity contribution in [3.63, 3.8) is 0 Å². The number of hydrogen-bond donors (Lipinski definition) is 3. The number of quaternary nitrogens is 1. The fraction of sp³-hybridized carbons (Fsp3) is 0.625. The van der Waals surface area contributed by atoms with Gasteiger partial charge in [0.1, 0.15) is 6.20 Å². The molecule has 0 saturated carbocycles. The van der Waals surface area contributed by atoms with Gasteiger partial charge < -0.3 is 4.90 Å². The molecule has 2 heterocycles. The fourth-order valence-electron chi connectivity index (χ4n) is 1.51. The van der Waals surface area contributed by atoms with Crippen molar-refractivity contribution >= 4 is 5.95 Å². The summed E-state index contributed by atoms with van der Waals surface area (Å²) in [6.45, 7) is 4.03. The van der Waals surface area contributed by atoms with E-state index >= 15 is 0 Å². The standard InChI is InChI=1S/C8H14N6O/c1-13-2-4-14(5-3-13)12-8-10-7(15)6-9-11-8/h6H,2-5H2,1H3,(H2,10,11,12,15)/p+1. The molecule has 0 aliphatic carbocycles. The highest BCUT2D eigenvalue weighted by molar-refractivity contribution is 5.18. The number of nitrogens with zero attached hydrogens (tertiary/aromatic N) is 3. The quantitative estimate of drug-likeness (QED) is 0.497. The maximum Gasteiger partial charge on any atom is 0.271 e. The van der Waals surface area contributed by atoms with E-state index in [-0.39, 0.29) is 5.56 Å². The predicted octanol–water partition coefficient (Wildman–Crippen LogP) is -2.68. The van der Waals surface area contributed by atoms with Crippen molar-refractivity contribution in [3.8, 4) is 0 Å². The van der Waals surface area contributed by atoms with E-state index in [1.165, 1.54) is 4.90 Å². The monoisotopic (exact) mass is 211 g/mol. The molecule has 0 bridgehead atoms. The van der Waals surface area contributed by atoms with Crippen LogP contribution in [0.4, 0.5) is 5.95 Å². The van der Waals surface area contributed by atoms with Crippen LogP contribution in [-0.2, 0) is 0 Å². The maximum atomic E-state index is 11.0. The Bertz CT molecular complexity index is 369. The largest absolute Gasteiger partial charge is 0.335 e. The summed E-state index contributed by atoms with van der Waals surface area (Å²) in [4.78, 5) is 15.1. The highest BCUT2D eigenvalue weighted by Gasteiger charge is 2.16. The summed E-state index contributed by atoms with van der Waals surface area (Å²) < 4.78 is 0. The lowest BCUT2D eigenvalue weighted by atomic mass is 10.4. The first-order valence-electron chi connectivity index (χ1n) is 4.99. The molecule has 7 nitrogen and oxygen atoms in total. The van der Waals surface area contributed by atoms with Crippen molar-refractivity contribution in [3.05, 3.63) is 16.6 Å². The number of piperazine rings is 1. The first-order chi connectivity index (χ1) is 7.24. The highest BCUT2D eigenvalue weighted by atomic mass is 16.1. The average Bonchev–Trinajstić information content (AvgIpc) is 2.22. The normalized spacial score (nSPS) is 19.0. The minimum atomic E-state index is -0.243. The van der Waals surface area contributed by atoms with Gasteiger partial charge >= 0.3 is 0 Å². The molecule has 7 heteroatoms. The Labute approximate surface area is 87.1 Å². The molecule has 2 rings (SSSR count). The topological polar surface area (TPSA) is 78.3 Å². The number of H-pyrrole nitrogens is 1. The zero-order valence-electron chi connectivity index (χ0n) is 8.66.